The number of benzene rings is 1. The first-order valence-electron chi connectivity index (χ1n) is 5.69. The van der Waals surface area contributed by atoms with Gasteiger partial charge < -0.3 is 0 Å². The van der Waals surface area contributed by atoms with Crippen LogP contribution in [0.5, 0.6) is 0 Å². The Hall–Kier alpha value is -1.18. The predicted octanol–water partition coefficient (Wildman–Crippen LogP) is 0.381. The first kappa shape index (κ1) is 17.9. The first-order valence-corrected chi connectivity index (χ1v) is 9.17. The van der Waals surface area contributed by atoms with E-state index >= 15 is 0 Å². The molecule has 0 heterocycles. The van der Waals surface area contributed by atoms with Gasteiger partial charge in [0.1, 0.15) is 4.90 Å². The van der Waals surface area contributed by atoms with Crippen LogP contribution in [0.2, 0.25) is 5.02 Å². The zero-order valence-electron chi connectivity index (χ0n) is 11.4. The van der Waals surface area contributed by atoms with Gasteiger partial charge in [-0.1, -0.05) is 11.6 Å². The fraction of sp³-hybridized carbons (Fsp3) is 0.364. The van der Waals surface area contributed by atoms with Crippen LogP contribution >= 0.6 is 11.6 Å². The van der Waals surface area contributed by atoms with Crippen molar-refractivity contribution in [1.29, 1.82) is 5.26 Å². The smallest absolute Gasteiger partial charge is 0.212 e. The third kappa shape index (κ3) is 4.66. The van der Waals surface area contributed by atoms with E-state index in [1.807, 2.05) is 6.07 Å². The molecule has 0 aliphatic rings. The highest BCUT2D eigenvalue weighted by atomic mass is 35.5. The predicted molar refractivity (Wildman–Crippen MR) is 78.8 cm³/mol. The van der Waals surface area contributed by atoms with Crippen molar-refractivity contribution in [2.45, 2.75) is 4.90 Å². The van der Waals surface area contributed by atoms with Gasteiger partial charge in [-0.15, -0.1) is 0 Å². The lowest BCUT2D eigenvalue weighted by molar-refractivity contribution is 0.519. The van der Waals surface area contributed by atoms with Crippen molar-refractivity contribution in [3.63, 3.8) is 0 Å². The van der Waals surface area contributed by atoms with Crippen molar-refractivity contribution in [2.75, 3.05) is 26.4 Å². The van der Waals surface area contributed by atoms with E-state index in [0.29, 0.717) is 0 Å². The highest BCUT2D eigenvalue weighted by Crippen LogP contribution is 2.22. The lowest BCUT2D eigenvalue weighted by Gasteiger charge is -2.12. The molecule has 0 unspecified atom stereocenters. The van der Waals surface area contributed by atoms with Crippen LogP contribution in [0.15, 0.2) is 23.1 Å². The zero-order valence-corrected chi connectivity index (χ0v) is 13.8. The summed E-state index contributed by atoms with van der Waals surface area (Å²) in [7, 11) is -4.71. The molecule has 0 saturated heterocycles. The summed E-state index contributed by atoms with van der Waals surface area (Å²) in [6, 6.07) is 5.58. The van der Waals surface area contributed by atoms with Crippen molar-refractivity contribution < 1.29 is 16.8 Å². The summed E-state index contributed by atoms with van der Waals surface area (Å²) in [5, 5.41) is 8.59. The molecule has 0 radical (unpaired) electrons. The Morgan fingerprint density at radius 1 is 1.29 bits per heavy atom. The lowest BCUT2D eigenvalue weighted by Crippen LogP contribution is -2.34. The molecule has 0 spiro atoms. The van der Waals surface area contributed by atoms with Crippen molar-refractivity contribution in [2.24, 2.45) is 0 Å². The molecular formula is C11H14ClN3O4S2. The second-order valence-electron chi connectivity index (χ2n) is 4.25. The average molecular weight is 352 g/mol. The van der Waals surface area contributed by atoms with Crippen LogP contribution in [0.3, 0.4) is 0 Å². The lowest BCUT2D eigenvalue weighted by atomic mass is 10.2. The van der Waals surface area contributed by atoms with Crippen molar-refractivity contribution in [3.05, 3.63) is 28.8 Å². The number of hydrogen-bond acceptors (Lipinski definition) is 5. The van der Waals surface area contributed by atoms with Crippen molar-refractivity contribution >= 4 is 31.6 Å². The maximum Gasteiger partial charge on any atom is 0.242 e. The molecule has 0 atom stereocenters. The van der Waals surface area contributed by atoms with E-state index in [4.69, 9.17) is 16.9 Å². The Morgan fingerprint density at radius 3 is 2.38 bits per heavy atom. The van der Waals surface area contributed by atoms with E-state index in [0.717, 1.165) is 4.31 Å². The number of nitrogens with zero attached hydrogens (tertiary/aromatic N) is 2. The molecule has 0 amide bonds. The molecule has 0 saturated carbocycles. The van der Waals surface area contributed by atoms with Gasteiger partial charge in [0.15, 0.2) is 0 Å². The van der Waals surface area contributed by atoms with Crippen LogP contribution < -0.4 is 4.72 Å². The Balaban J connectivity index is 2.87. The summed E-state index contributed by atoms with van der Waals surface area (Å²) >= 11 is 5.82. The summed E-state index contributed by atoms with van der Waals surface area (Å²) < 4.78 is 50.3. The van der Waals surface area contributed by atoms with Crippen LogP contribution in [0.1, 0.15) is 5.56 Å². The van der Waals surface area contributed by atoms with Gasteiger partial charge in [0.2, 0.25) is 20.0 Å². The minimum Gasteiger partial charge on any atom is -0.212 e. The molecule has 0 aliphatic heterocycles. The van der Waals surface area contributed by atoms with Gasteiger partial charge >= 0.3 is 0 Å². The number of nitrogens with one attached hydrogen (secondary N) is 1. The summed E-state index contributed by atoms with van der Waals surface area (Å²) in [4.78, 5) is -0.203. The van der Waals surface area contributed by atoms with Crippen LogP contribution in [0.25, 0.3) is 0 Å². The topological polar surface area (TPSA) is 107 Å². The number of nitriles is 1. The SMILES string of the molecule is CN(C)S(=O)(=O)CCNS(=O)(=O)c1ccc(C#N)cc1Cl. The average Bonchev–Trinajstić information content (AvgIpc) is 2.37. The highest BCUT2D eigenvalue weighted by Gasteiger charge is 2.20. The van der Waals surface area contributed by atoms with E-state index in [2.05, 4.69) is 4.72 Å². The van der Waals surface area contributed by atoms with E-state index in [-0.39, 0.29) is 27.8 Å². The molecule has 1 aromatic rings. The third-order valence-electron chi connectivity index (χ3n) is 2.56. The van der Waals surface area contributed by atoms with E-state index in [9.17, 15) is 16.8 Å². The fourth-order valence-electron chi connectivity index (χ4n) is 1.35. The monoisotopic (exact) mass is 351 g/mol. The van der Waals surface area contributed by atoms with Crippen LogP contribution in [0.4, 0.5) is 0 Å². The summed E-state index contributed by atoms with van der Waals surface area (Å²) in [5.74, 6) is -0.368. The van der Waals surface area contributed by atoms with Gasteiger partial charge in [-0.3, -0.25) is 0 Å². The molecule has 116 valence electrons. The largest absolute Gasteiger partial charge is 0.242 e. The van der Waals surface area contributed by atoms with Gasteiger partial charge in [0.05, 0.1) is 22.4 Å². The van der Waals surface area contributed by atoms with Gasteiger partial charge in [-0.05, 0) is 18.2 Å². The molecule has 21 heavy (non-hydrogen) atoms. The van der Waals surface area contributed by atoms with Crippen molar-refractivity contribution in [3.8, 4) is 6.07 Å². The minimum absolute atomic E-state index is 0.1000. The summed E-state index contributed by atoms with van der Waals surface area (Å²) in [5.41, 5.74) is 0.231. The van der Waals surface area contributed by atoms with Gasteiger partial charge in [-0.2, -0.15) is 5.26 Å². The van der Waals surface area contributed by atoms with Crippen LogP contribution in [-0.4, -0.2) is 47.5 Å². The fourth-order valence-corrected chi connectivity index (χ4v) is 3.78. The highest BCUT2D eigenvalue weighted by molar-refractivity contribution is 7.90. The Labute approximate surface area is 129 Å². The first-order chi connectivity index (χ1) is 9.60. The Bertz CT molecular complexity index is 767. The molecule has 0 aliphatic carbocycles. The second kappa shape index (κ2) is 6.72. The summed E-state index contributed by atoms with van der Waals surface area (Å²) in [6.07, 6.45) is 0. The van der Waals surface area contributed by atoms with Gasteiger partial charge in [-0.25, -0.2) is 25.9 Å². The zero-order chi connectivity index (χ0) is 16.3. The number of rotatable bonds is 6. The minimum atomic E-state index is -3.94. The third-order valence-corrected chi connectivity index (χ3v) is 6.34. The molecule has 7 nitrogen and oxygen atoms in total. The molecule has 1 N–H and O–H groups in total. The standard InChI is InChI=1S/C11H14ClN3O4S2/c1-15(2)20(16,17)6-5-14-21(18,19)11-4-3-9(8-13)7-10(11)12/h3-4,7,14H,5-6H2,1-2H3. The van der Waals surface area contributed by atoms with E-state index < -0.39 is 20.0 Å². The normalized spacial score (nSPS) is 12.3. The second-order valence-corrected chi connectivity index (χ2v) is 8.70. The van der Waals surface area contributed by atoms with Crippen LogP contribution in [-0.2, 0) is 20.0 Å². The quantitative estimate of drug-likeness (QED) is 0.797. The summed E-state index contributed by atoms with van der Waals surface area (Å²) in [6.45, 7) is -0.279. The van der Waals surface area contributed by atoms with Crippen LogP contribution in [0, 0.1) is 11.3 Å². The molecule has 10 heteroatoms. The number of halogens is 1. The molecule has 0 fully saturated rings. The molecule has 0 bridgehead atoms. The number of hydrogen-bond donors (Lipinski definition) is 1. The number of sulfonamides is 2. The van der Waals surface area contributed by atoms with Gasteiger partial charge in [0.25, 0.3) is 0 Å². The maximum absolute atomic E-state index is 12.0. The van der Waals surface area contributed by atoms with Gasteiger partial charge in [0, 0.05) is 20.6 Å². The van der Waals surface area contributed by atoms with E-state index in [1.165, 1.54) is 32.3 Å². The maximum atomic E-state index is 12.0. The molecule has 0 aromatic heterocycles. The Kier molecular flexibility index (Phi) is 5.72. The Morgan fingerprint density at radius 2 is 1.90 bits per heavy atom. The van der Waals surface area contributed by atoms with E-state index in [1.54, 1.807) is 0 Å². The molecule has 1 aromatic carbocycles. The van der Waals surface area contributed by atoms with Crippen molar-refractivity contribution in [1.82, 2.24) is 9.03 Å². The molecular weight excluding hydrogens is 338 g/mol. The molecule has 1 rings (SSSR count).